The summed E-state index contributed by atoms with van der Waals surface area (Å²) in [5.74, 6) is 1.57. The highest BCUT2D eigenvalue weighted by atomic mass is 16.5. The largest absolute Gasteiger partial charge is 0.497 e. The van der Waals surface area contributed by atoms with E-state index in [9.17, 15) is 4.79 Å². The third-order valence-electron chi connectivity index (χ3n) is 4.05. The molecule has 2 aromatic rings. The maximum atomic E-state index is 12.6. The van der Waals surface area contributed by atoms with Gasteiger partial charge in [-0.15, -0.1) is 0 Å². The van der Waals surface area contributed by atoms with Crippen molar-refractivity contribution in [3.8, 4) is 11.5 Å². The van der Waals surface area contributed by atoms with Gasteiger partial charge in [0, 0.05) is 18.7 Å². The van der Waals surface area contributed by atoms with Crippen LogP contribution in [0.5, 0.6) is 11.5 Å². The first-order chi connectivity index (χ1) is 11.8. The quantitative estimate of drug-likeness (QED) is 0.883. The summed E-state index contributed by atoms with van der Waals surface area (Å²) in [6.45, 7) is 1.78. The zero-order chi connectivity index (χ0) is 16.8. The molecule has 1 unspecified atom stereocenters. The van der Waals surface area contributed by atoms with Crippen LogP contribution in [0, 0.1) is 0 Å². The van der Waals surface area contributed by atoms with E-state index in [4.69, 9.17) is 9.47 Å². The van der Waals surface area contributed by atoms with Crippen LogP contribution in [-0.4, -0.2) is 32.7 Å². The Labute approximate surface area is 142 Å². The van der Waals surface area contributed by atoms with Gasteiger partial charge in [0.05, 0.1) is 7.11 Å². The molecule has 1 heterocycles. The number of ether oxygens (including phenoxy) is 2. The van der Waals surface area contributed by atoms with Crippen LogP contribution in [0.1, 0.15) is 17.2 Å². The fourth-order valence-corrected chi connectivity index (χ4v) is 2.82. The van der Waals surface area contributed by atoms with Crippen molar-refractivity contribution >= 4 is 5.91 Å². The zero-order valence-electron chi connectivity index (χ0n) is 13.7. The molecular formula is C19H22N2O3. The van der Waals surface area contributed by atoms with Gasteiger partial charge in [0.2, 0.25) is 5.91 Å². The molecule has 5 nitrogen and oxygen atoms in total. The first kappa shape index (κ1) is 16.3. The van der Waals surface area contributed by atoms with Gasteiger partial charge in [-0.2, -0.15) is 0 Å². The summed E-state index contributed by atoms with van der Waals surface area (Å²) in [5, 5.41) is 6.26. The first-order valence-corrected chi connectivity index (χ1v) is 8.13. The van der Waals surface area contributed by atoms with Crippen molar-refractivity contribution in [2.45, 2.75) is 12.5 Å². The topological polar surface area (TPSA) is 59.6 Å². The van der Waals surface area contributed by atoms with E-state index in [0.29, 0.717) is 19.7 Å². The van der Waals surface area contributed by atoms with Crippen LogP contribution in [0.4, 0.5) is 0 Å². The van der Waals surface area contributed by atoms with Crippen molar-refractivity contribution in [2.24, 2.45) is 0 Å². The lowest BCUT2D eigenvalue weighted by molar-refractivity contribution is -0.123. The number of hydrogen-bond donors (Lipinski definition) is 2. The van der Waals surface area contributed by atoms with E-state index in [1.807, 2.05) is 48.5 Å². The monoisotopic (exact) mass is 326 g/mol. The van der Waals surface area contributed by atoms with E-state index in [1.165, 1.54) is 0 Å². The van der Waals surface area contributed by atoms with E-state index in [0.717, 1.165) is 29.0 Å². The average molecular weight is 326 g/mol. The standard InChI is InChI=1S/C19H22N2O3/c1-23-15-6-4-5-14(13-15)9-10-21-19(22)18-16-7-2-3-8-17(16)24-12-11-20-18/h2-8,13,18,20H,9-12H2,1H3,(H,21,22). The predicted octanol–water partition coefficient (Wildman–Crippen LogP) is 2.08. The number of nitrogens with one attached hydrogen (secondary N) is 2. The van der Waals surface area contributed by atoms with Gasteiger partial charge in [0.25, 0.3) is 0 Å². The lowest BCUT2D eigenvalue weighted by Crippen LogP contribution is -2.38. The van der Waals surface area contributed by atoms with Gasteiger partial charge in [-0.25, -0.2) is 0 Å². The number of amides is 1. The number of benzene rings is 2. The molecule has 0 aliphatic carbocycles. The van der Waals surface area contributed by atoms with E-state index in [1.54, 1.807) is 7.11 Å². The average Bonchev–Trinajstić information content (AvgIpc) is 2.84. The minimum Gasteiger partial charge on any atom is -0.497 e. The Hall–Kier alpha value is -2.53. The van der Waals surface area contributed by atoms with Gasteiger partial charge in [-0.1, -0.05) is 30.3 Å². The summed E-state index contributed by atoms with van der Waals surface area (Å²) in [4.78, 5) is 12.6. The van der Waals surface area contributed by atoms with Crippen molar-refractivity contribution in [3.63, 3.8) is 0 Å². The third-order valence-corrected chi connectivity index (χ3v) is 4.05. The molecule has 1 aliphatic heterocycles. The van der Waals surface area contributed by atoms with E-state index in [2.05, 4.69) is 10.6 Å². The van der Waals surface area contributed by atoms with E-state index in [-0.39, 0.29) is 11.9 Å². The Morgan fingerprint density at radius 2 is 2.17 bits per heavy atom. The summed E-state index contributed by atoms with van der Waals surface area (Å²) in [6.07, 6.45) is 0.758. The number of carbonyl (C=O) groups excluding carboxylic acids is 1. The molecule has 1 atom stereocenters. The molecule has 0 saturated heterocycles. The van der Waals surface area contributed by atoms with Gasteiger partial charge in [0.15, 0.2) is 0 Å². The molecule has 0 bridgehead atoms. The highest BCUT2D eigenvalue weighted by Gasteiger charge is 2.25. The number of rotatable bonds is 5. The highest BCUT2D eigenvalue weighted by molar-refractivity contribution is 5.84. The van der Waals surface area contributed by atoms with Gasteiger partial charge in [-0.05, 0) is 30.2 Å². The third kappa shape index (κ3) is 3.86. The molecule has 5 heteroatoms. The minimum absolute atomic E-state index is 0.0316. The molecule has 3 rings (SSSR count). The van der Waals surface area contributed by atoms with E-state index >= 15 is 0 Å². The molecule has 2 N–H and O–H groups in total. The SMILES string of the molecule is COc1cccc(CCNC(=O)C2NCCOc3ccccc32)c1. The van der Waals surface area contributed by atoms with Crippen molar-refractivity contribution < 1.29 is 14.3 Å². The Morgan fingerprint density at radius 1 is 1.29 bits per heavy atom. The van der Waals surface area contributed by atoms with Crippen molar-refractivity contribution in [1.29, 1.82) is 0 Å². The second-order valence-corrected chi connectivity index (χ2v) is 5.67. The Morgan fingerprint density at radius 3 is 3.04 bits per heavy atom. The number of hydrogen-bond acceptors (Lipinski definition) is 4. The maximum Gasteiger partial charge on any atom is 0.241 e. The number of methoxy groups -OCH3 is 1. The fourth-order valence-electron chi connectivity index (χ4n) is 2.82. The number of carbonyl (C=O) groups is 1. The fraction of sp³-hybridized carbons (Fsp3) is 0.316. The van der Waals surface area contributed by atoms with Gasteiger partial charge >= 0.3 is 0 Å². The summed E-state index contributed by atoms with van der Waals surface area (Å²) < 4.78 is 10.9. The van der Waals surface area contributed by atoms with Gasteiger partial charge in [-0.3, -0.25) is 10.1 Å². The van der Waals surface area contributed by atoms with Gasteiger partial charge in [0.1, 0.15) is 24.1 Å². The summed E-state index contributed by atoms with van der Waals surface area (Å²) in [6, 6.07) is 15.2. The molecule has 1 amide bonds. The van der Waals surface area contributed by atoms with Crippen LogP contribution in [0.15, 0.2) is 48.5 Å². The van der Waals surface area contributed by atoms with Crippen LogP contribution in [0.2, 0.25) is 0 Å². The second kappa shape index (κ2) is 7.84. The predicted molar refractivity (Wildman–Crippen MR) is 92.4 cm³/mol. The first-order valence-electron chi connectivity index (χ1n) is 8.13. The lowest BCUT2D eigenvalue weighted by atomic mass is 10.0. The Bertz CT molecular complexity index is 703. The van der Waals surface area contributed by atoms with Crippen molar-refractivity contribution in [3.05, 3.63) is 59.7 Å². The van der Waals surface area contributed by atoms with E-state index < -0.39 is 0 Å². The maximum absolute atomic E-state index is 12.6. The zero-order valence-corrected chi connectivity index (χ0v) is 13.7. The molecule has 0 radical (unpaired) electrons. The molecule has 24 heavy (non-hydrogen) atoms. The van der Waals surface area contributed by atoms with Crippen molar-refractivity contribution in [2.75, 3.05) is 26.8 Å². The number of fused-ring (bicyclic) bond motifs is 1. The lowest BCUT2D eigenvalue weighted by Gasteiger charge is -2.17. The molecular weight excluding hydrogens is 304 g/mol. The number of para-hydroxylation sites is 1. The summed E-state index contributed by atoms with van der Waals surface area (Å²) in [7, 11) is 1.65. The second-order valence-electron chi connectivity index (χ2n) is 5.67. The highest BCUT2D eigenvalue weighted by Crippen LogP contribution is 2.26. The van der Waals surface area contributed by atoms with Crippen molar-refractivity contribution in [1.82, 2.24) is 10.6 Å². The molecule has 0 spiro atoms. The molecule has 126 valence electrons. The van der Waals surface area contributed by atoms with Crippen LogP contribution >= 0.6 is 0 Å². The van der Waals surface area contributed by atoms with Crippen LogP contribution < -0.4 is 20.1 Å². The summed E-state index contributed by atoms with van der Waals surface area (Å²) in [5.41, 5.74) is 2.01. The molecule has 1 aliphatic rings. The smallest absolute Gasteiger partial charge is 0.241 e. The molecule has 0 saturated carbocycles. The molecule has 2 aromatic carbocycles. The molecule has 0 aromatic heterocycles. The minimum atomic E-state index is -0.381. The van der Waals surface area contributed by atoms with Crippen LogP contribution in [0.25, 0.3) is 0 Å². The normalized spacial score (nSPS) is 16.5. The Balaban J connectivity index is 1.60. The Kier molecular flexibility index (Phi) is 5.33. The van der Waals surface area contributed by atoms with Crippen LogP contribution in [-0.2, 0) is 11.2 Å². The van der Waals surface area contributed by atoms with Gasteiger partial charge < -0.3 is 14.8 Å². The van der Waals surface area contributed by atoms with Crippen LogP contribution in [0.3, 0.4) is 0 Å². The molecule has 0 fully saturated rings. The summed E-state index contributed by atoms with van der Waals surface area (Å²) >= 11 is 0.